The maximum Gasteiger partial charge on any atom is 0.243 e. The molecule has 1 amide bonds. The predicted molar refractivity (Wildman–Crippen MR) is 115 cm³/mol. The van der Waals surface area contributed by atoms with Gasteiger partial charge >= 0.3 is 0 Å². The van der Waals surface area contributed by atoms with Crippen molar-refractivity contribution in [1.82, 2.24) is 19.8 Å². The fraction of sp³-hybridized carbons (Fsp3) is 0.857. The van der Waals surface area contributed by atoms with E-state index in [1.54, 1.807) is 32.8 Å². The molecule has 1 heterocycles. The molecule has 1 atom stereocenters. The normalized spacial score (nSPS) is 18.0. The highest BCUT2D eigenvalue weighted by Gasteiger charge is 2.34. The van der Waals surface area contributed by atoms with Gasteiger partial charge in [-0.25, -0.2) is 18.1 Å². The maximum atomic E-state index is 12.2. The number of sulfonamides is 1. The molecular weight excluding hydrogens is 477 g/mol. The summed E-state index contributed by atoms with van der Waals surface area (Å²) in [6, 6.07) is 0. The molecule has 1 unspecified atom stereocenters. The van der Waals surface area contributed by atoms with Crippen LogP contribution in [0.25, 0.3) is 0 Å². The van der Waals surface area contributed by atoms with Gasteiger partial charge in [0.2, 0.25) is 15.9 Å². The molecule has 1 aliphatic heterocycles. The number of amides is 1. The third-order valence-electron chi connectivity index (χ3n) is 3.68. The van der Waals surface area contributed by atoms with Crippen molar-refractivity contribution in [2.24, 2.45) is 4.99 Å². The minimum absolute atomic E-state index is 0. The van der Waals surface area contributed by atoms with Crippen molar-refractivity contribution in [2.45, 2.75) is 18.6 Å². The maximum absolute atomic E-state index is 12.2. The van der Waals surface area contributed by atoms with Gasteiger partial charge < -0.3 is 15.1 Å². The molecule has 0 spiro atoms. The summed E-state index contributed by atoms with van der Waals surface area (Å²) in [7, 11) is 0.0760. The smallest absolute Gasteiger partial charge is 0.243 e. The lowest BCUT2D eigenvalue weighted by molar-refractivity contribution is -0.127. The van der Waals surface area contributed by atoms with Crippen LogP contribution < -0.4 is 10.0 Å². The number of thioether (sulfide) groups is 1. The van der Waals surface area contributed by atoms with Gasteiger partial charge in [0.15, 0.2) is 5.96 Å². The van der Waals surface area contributed by atoms with Gasteiger partial charge in [0.05, 0.1) is 5.25 Å². The number of nitrogens with zero attached hydrogens (tertiary/aromatic N) is 3. The van der Waals surface area contributed by atoms with E-state index in [-0.39, 0.29) is 36.4 Å². The van der Waals surface area contributed by atoms with E-state index >= 15 is 0 Å². The number of likely N-dealkylation sites (tertiary alicyclic amines) is 1. The van der Waals surface area contributed by atoms with Gasteiger partial charge in [-0.05, 0) is 12.7 Å². The highest BCUT2D eigenvalue weighted by Crippen LogP contribution is 2.16. The number of aliphatic imine (C=N–C) groups is 1. The lowest BCUT2D eigenvalue weighted by Gasteiger charge is -2.22. The van der Waals surface area contributed by atoms with Crippen molar-refractivity contribution in [3.8, 4) is 0 Å². The number of hydrogen-bond donors (Lipinski definition) is 2. The summed E-state index contributed by atoms with van der Waals surface area (Å²) >= 11 is 1.71. The molecule has 0 aromatic carbocycles. The van der Waals surface area contributed by atoms with Crippen molar-refractivity contribution >= 4 is 57.6 Å². The van der Waals surface area contributed by atoms with E-state index < -0.39 is 15.3 Å². The Morgan fingerprint density at radius 1 is 1.40 bits per heavy atom. The summed E-state index contributed by atoms with van der Waals surface area (Å²) in [5.41, 5.74) is 0. The topological polar surface area (TPSA) is 94.1 Å². The van der Waals surface area contributed by atoms with E-state index in [1.807, 2.05) is 11.2 Å². The molecule has 11 heteroatoms. The Balaban J connectivity index is 0.00000576. The zero-order valence-corrected chi connectivity index (χ0v) is 19.3. The fourth-order valence-corrected chi connectivity index (χ4v) is 4.05. The van der Waals surface area contributed by atoms with Crippen LogP contribution in [0.3, 0.4) is 0 Å². The van der Waals surface area contributed by atoms with Crippen LogP contribution in [-0.4, -0.2) is 94.2 Å². The summed E-state index contributed by atoms with van der Waals surface area (Å²) in [6.45, 7) is 3.93. The van der Waals surface area contributed by atoms with Crippen molar-refractivity contribution < 1.29 is 13.2 Å². The Morgan fingerprint density at radius 3 is 2.64 bits per heavy atom. The van der Waals surface area contributed by atoms with Crippen molar-refractivity contribution in [3.63, 3.8) is 0 Å². The quantitative estimate of drug-likeness (QED) is 0.208. The largest absolute Gasteiger partial charge is 0.355 e. The Labute approximate surface area is 172 Å². The Kier molecular flexibility index (Phi) is 12.0. The van der Waals surface area contributed by atoms with Crippen LogP contribution in [0, 0.1) is 0 Å². The second kappa shape index (κ2) is 12.2. The average molecular weight is 507 g/mol. The van der Waals surface area contributed by atoms with E-state index in [2.05, 4.69) is 15.0 Å². The third kappa shape index (κ3) is 8.31. The number of likely N-dealkylation sites (N-methyl/N-ethyl adjacent to an activating group) is 1. The Hall–Kier alpha value is -0.270. The molecule has 0 bridgehead atoms. The molecule has 0 aliphatic carbocycles. The zero-order chi connectivity index (χ0) is 18.2. The molecule has 0 aromatic rings. The first-order valence-electron chi connectivity index (χ1n) is 8.02. The first kappa shape index (κ1) is 24.7. The lowest BCUT2D eigenvalue weighted by atomic mass is 10.4. The highest BCUT2D eigenvalue weighted by atomic mass is 127. The summed E-state index contributed by atoms with van der Waals surface area (Å²) < 4.78 is 26.9. The van der Waals surface area contributed by atoms with Crippen LogP contribution >= 0.6 is 35.7 Å². The van der Waals surface area contributed by atoms with Gasteiger partial charge in [0.25, 0.3) is 0 Å². The number of rotatable bonds is 8. The number of carbonyl (C=O) groups excluding carboxylic acids is 1. The van der Waals surface area contributed by atoms with Crippen LogP contribution in [0.5, 0.6) is 0 Å². The van der Waals surface area contributed by atoms with Crippen molar-refractivity contribution in [1.29, 1.82) is 0 Å². The minimum Gasteiger partial charge on any atom is -0.355 e. The molecule has 8 nitrogen and oxygen atoms in total. The minimum atomic E-state index is -3.30. The summed E-state index contributed by atoms with van der Waals surface area (Å²) in [6.07, 6.45) is 2.57. The molecule has 1 saturated heterocycles. The van der Waals surface area contributed by atoms with E-state index in [4.69, 9.17) is 0 Å². The number of halogens is 1. The summed E-state index contributed by atoms with van der Waals surface area (Å²) in [5, 5.41) is 2.78. The number of hydrogen-bond acceptors (Lipinski definition) is 5. The van der Waals surface area contributed by atoms with E-state index in [1.165, 1.54) is 4.90 Å². The van der Waals surface area contributed by atoms with Crippen LogP contribution in [0.15, 0.2) is 4.99 Å². The molecule has 25 heavy (non-hydrogen) atoms. The second-order valence-corrected chi connectivity index (χ2v) is 8.78. The zero-order valence-electron chi connectivity index (χ0n) is 15.3. The number of nitrogens with one attached hydrogen (secondary N) is 2. The first-order valence-corrected chi connectivity index (χ1v) is 11.0. The van der Waals surface area contributed by atoms with E-state index in [0.717, 1.165) is 12.3 Å². The highest BCUT2D eigenvalue weighted by molar-refractivity contribution is 14.0. The predicted octanol–water partition coefficient (Wildman–Crippen LogP) is 0.0148. The average Bonchev–Trinajstić information content (AvgIpc) is 3.01. The van der Waals surface area contributed by atoms with Gasteiger partial charge in [-0.3, -0.25) is 4.79 Å². The molecule has 1 rings (SSSR count). The molecule has 2 N–H and O–H groups in total. The van der Waals surface area contributed by atoms with Gasteiger partial charge in [0.1, 0.15) is 6.54 Å². The van der Waals surface area contributed by atoms with Crippen LogP contribution in [0.4, 0.5) is 0 Å². The molecule has 0 saturated carbocycles. The molecule has 0 radical (unpaired) electrons. The second-order valence-electron chi connectivity index (χ2n) is 5.75. The lowest BCUT2D eigenvalue weighted by Crippen LogP contribution is -2.43. The van der Waals surface area contributed by atoms with E-state index in [9.17, 15) is 13.2 Å². The Morgan fingerprint density at radius 2 is 2.08 bits per heavy atom. The molecule has 0 aromatic heterocycles. The molecule has 148 valence electrons. The number of carbonyl (C=O) groups is 1. The number of guanidine groups is 1. The Bertz CT molecular complexity index is 543. The standard InChI is InChI=1S/C14H29N5O3S2.HI/c1-5-17-24(21,22)12-6-8-19(11-12)14(15-7-9-23-4)16-10-13(20)18(2)3;/h12,17H,5-11H2,1-4H3,(H,15,16);1H. The van der Waals surface area contributed by atoms with Crippen LogP contribution in [-0.2, 0) is 14.8 Å². The SMILES string of the molecule is CCNS(=O)(=O)C1CCN(C(=NCC(=O)N(C)C)NCCSC)C1.I. The van der Waals surface area contributed by atoms with Gasteiger partial charge in [-0.1, -0.05) is 6.92 Å². The summed E-state index contributed by atoms with van der Waals surface area (Å²) in [4.78, 5) is 19.6. The summed E-state index contributed by atoms with van der Waals surface area (Å²) in [5.74, 6) is 1.43. The fourth-order valence-electron chi connectivity index (χ4n) is 2.31. The van der Waals surface area contributed by atoms with Gasteiger partial charge in [0, 0.05) is 46.0 Å². The first-order chi connectivity index (χ1) is 11.3. The molecule has 1 aliphatic rings. The van der Waals surface area contributed by atoms with Crippen LogP contribution in [0.2, 0.25) is 0 Å². The van der Waals surface area contributed by atoms with Gasteiger partial charge in [-0.2, -0.15) is 11.8 Å². The molecule has 1 fully saturated rings. The third-order valence-corrected chi connectivity index (χ3v) is 6.25. The van der Waals surface area contributed by atoms with Gasteiger partial charge in [-0.15, -0.1) is 24.0 Å². The monoisotopic (exact) mass is 507 g/mol. The van der Waals surface area contributed by atoms with Crippen molar-refractivity contribution in [2.75, 3.05) is 58.8 Å². The van der Waals surface area contributed by atoms with E-state index in [0.29, 0.717) is 32.0 Å². The molecular formula is C14H30IN5O3S2. The van der Waals surface area contributed by atoms with Crippen molar-refractivity contribution in [3.05, 3.63) is 0 Å². The van der Waals surface area contributed by atoms with Crippen LogP contribution in [0.1, 0.15) is 13.3 Å².